The number of amides is 2. The van der Waals surface area contributed by atoms with Crippen LogP contribution in [0, 0.1) is 11.3 Å². The largest absolute Gasteiger partial charge is 0.444 e. The number of amidine groups is 1. The average molecular weight is 478 g/mol. The summed E-state index contributed by atoms with van der Waals surface area (Å²) >= 11 is 0. The number of nitrogens with zero attached hydrogens (tertiary/aromatic N) is 7. The molecular formula is C25H31N7O3. The van der Waals surface area contributed by atoms with Gasteiger partial charge in [0.2, 0.25) is 5.91 Å². The Hall–Kier alpha value is -3.74. The summed E-state index contributed by atoms with van der Waals surface area (Å²) in [7, 11) is 1.68. The van der Waals surface area contributed by atoms with E-state index in [1.165, 1.54) is 17.3 Å². The molecule has 0 bridgehead atoms. The van der Waals surface area contributed by atoms with E-state index in [0.717, 1.165) is 24.8 Å². The number of carbonyl (C=O) groups is 2. The fourth-order valence-electron chi connectivity index (χ4n) is 4.83. The van der Waals surface area contributed by atoms with E-state index in [2.05, 4.69) is 27.6 Å². The van der Waals surface area contributed by atoms with E-state index >= 15 is 0 Å². The molecule has 3 heterocycles. The van der Waals surface area contributed by atoms with Crippen LogP contribution in [0.3, 0.4) is 0 Å². The summed E-state index contributed by atoms with van der Waals surface area (Å²) in [5, 5.41) is 9.37. The second-order valence-corrected chi connectivity index (χ2v) is 10.1. The Bertz CT molecular complexity index is 1150. The number of fused-ring (bicyclic) bond motifs is 2. The van der Waals surface area contributed by atoms with Crippen molar-refractivity contribution in [3.63, 3.8) is 0 Å². The topological polar surface area (TPSA) is 115 Å². The normalized spacial score (nSPS) is 19.9. The van der Waals surface area contributed by atoms with E-state index < -0.39 is 11.7 Å². The van der Waals surface area contributed by atoms with E-state index in [1.54, 1.807) is 38.8 Å². The van der Waals surface area contributed by atoms with Crippen LogP contribution < -0.4 is 9.80 Å². The van der Waals surface area contributed by atoms with E-state index in [-0.39, 0.29) is 17.9 Å². The predicted octanol–water partition coefficient (Wildman–Crippen LogP) is 2.97. The molecule has 0 N–H and O–H groups in total. The zero-order valence-corrected chi connectivity index (χ0v) is 20.7. The van der Waals surface area contributed by atoms with Crippen LogP contribution >= 0.6 is 0 Å². The van der Waals surface area contributed by atoms with Gasteiger partial charge in [0.15, 0.2) is 0 Å². The van der Waals surface area contributed by atoms with Crippen LogP contribution in [0.5, 0.6) is 0 Å². The van der Waals surface area contributed by atoms with Gasteiger partial charge in [-0.2, -0.15) is 5.26 Å². The van der Waals surface area contributed by atoms with Crippen molar-refractivity contribution in [1.29, 1.82) is 5.26 Å². The van der Waals surface area contributed by atoms with Gasteiger partial charge in [-0.05, 0) is 39.7 Å². The van der Waals surface area contributed by atoms with Gasteiger partial charge < -0.3 is 9.64 Å². The molecule has 2 amide bonds. The van der Waals surface area contributed by atoms with E-state index in [4.69, 9.17) is 4.74 Å². The second-order valence-electron chi connectivity index (χ2n) is 10.1. The maximum atomic E-state index is 13.2. The standard InChI is InChI=1S/C25H31N7O3/c1-6-17(13-26)12-18(27-5)32-15-25(8-7-9-25)20-21(28-16-29-22(20)32)31-11-10-30(14-19(31)33)23(34)35-24(2,3)4/h6,12,16H,1,7-11,14-15H2,2-5H3/b17-12+,27-18?. The van der Waals surface area contributed by atoms with E-state index in [1.807, 2.05) is 4.90 Å². The Labute approximate surface area is 205 Å². The number of nitriles is 1. The Kier molecular flexibility index (Phi) is 6.36. The molecule has 0 atom stereocenters. The second kappa shape index (κ2) is 9.13. The lowest BCUT2D eigenvalue weighted by atomic mass is 9.66. The predicted molar refractivity (Wildman–Crippen MR) is 132 cm³/mol. The maximum absolute atomic E-state index is 13.2. The Balaban J connectivity index is 1.66. The number of hydrogen-bond donors (Lipinski definition) is 0. The lowest BCUT2D eigenvalue weighted by Gasteiger charge is -2.41. The number of piperazine rings is 1. The smallest absolute Gasteiger partial charge is 0.410 e. The molecule has 35 heavy (non-hydrogen) atoms. The first-order chi connectivity index (χ1) is 16.6. The van der Waals surface area contributed by atoms with Gasteiger partial charge >= 0.3 is 6.09 Å². The molecule has 2 aliphatic heterocycles. The molecule has 3 aliphatic rings. The summed E-state index contributed by atoms with van der Waals surface area (Å²) in [5.74, 6) is 1.70. The minimum Gasteiger partial charge on any atom is -0.444 e. The lowest BCUT2D eigenvalue weighted by molar-refractivity contribution is -0.121. The van der Waals surface area contributed by atoms with Crippen molar-refractivity contribution >= 4 is 29.5 Å². The van der Waals surface area contributed by atoms with Gasteiger partial charge in [0.25, 0.3) is 0 Å². The molecule has 10 nitrogen and oxygen atoms in total. The minimum atomic E-state index is -0.630. The number of anilines is 2. The average Bonchev–Trinajstić information content (AvgIpc) is 3.15. The number of carbonyl (C=O) groups excluding carboxylic acids is 2. The quantitative estimate of drug-likeness (QED) is 0.284. The summed E-state index contributed by atoms with van der Waals surface area (Å²) in [6.07, 6.45) is 7.14. The fraction of sp³-hybridized carbons (Fsp3) is 0.520. The summed E-state index contributed by atoms with van der Waals surface area (Å²) in [6, 6.07) is 2.12. The molecular weight excluding hydrogens is 446 g/mol. The van der Waals surface area contributed by atoms with Crippen LogP contribution in [0.15, 0.2) is 35.6 Å². The molecule has 1 saturated heterocycles. The van der Waals surface area contributed by atoms with Crippen molar-refractivity contribution in [1.82, 2.24) is 14.9 Å². The Morgan fingerprint density at radius 1 is 1.29 bits per heavy atom. The molecule has 184 valence electrons. The van der Waals surface area contributed by atoms with Gasteiger partial charge in [-0.25, -0.2) is 14.8 Å². The third-order valence-electron chi connectivity index (χ3n) is 6.63. The Morgan fingerprint density at radius 2 is 2.00 bits per heavy atom. The number of hydrogen-bond acceptors (Lipinski definition) is 7. The molecule has 0 aromatic carbocycles. The van der Waals surface area contributed by atoms with Crippen LogP contribution in [-0.2, 0) is 14.9 Å². The summed E-state index contributed by atoms with van der Waals surface area (Å²) < 4.78 is 5.44. The highest BCUT2D eigenvalue weighted by Crippen LogP contribution is 2.54. The third kappa shape index (κ3) is 4.50. The van der Waals surface area contributed by atoms with E-state index in [0.29, 0.717) is 42.7 Å². The van der Waals surface area contributed by atoms with Gasteiger partial charge in [0.05, 0.1) is 11.6 Å². The van der Waals surface area contributed by atoms with Crippen LogP contribution in [0.4, 0.5) is 16.4 Å². The zero-order chi connectivity index (χ0) is 25.4. The number of ether oxygens (including phenoxy) is 1. The number of allylic oxidation sites excluding steroid dienone is 2. The molecule has 10 heteroatoms. The minimum absolute atomic E-state index is 0.0698. The molecule has 1 aliphatic carbocycles. The first-order valence-corrected chi connectivity index (χ1v) is 11.7. The van der Waals surface area contributed by atoms with Gasteiger partial charge in [0, 0.05) is 37.7 Å². The van der Waals surface area contributed by atoms with Gasteiger partial charge in [-0.3, -0.25) is 19.6 Å². The van der Waals surface area contributed by atoms with Crippen LogP contribution in [0.25, 0.3) is 0 Å². The van der Waals surface area contributed by atoms with Crippen molar-refractivity contribution < 1.29 is 14.3 Å². The first kappa shape index (κ1) is 24.4. The number of aromatic nitrogens is 2. The molecule has 1 saturated carbocycles. The van der Waals surface area contributed by atoms with Crippen LogP contribution in [0.2, 0.25) is 0 Å². The van der Waals surface area contributed by atoms with Crippen molar-refractivity contribution in [2.24, 2.45) is 4.99 Å². The monoisotopic (exact) mass is 477 g/mol. The van der Waals surface area contributed by atoms with Crippen molar-refractivity contribution in [2.75, 3.05) is 43.0 Å². The molecule has 2 fully saturated rings. The van der Waals surface area contributed by atoms with Crippen LogP contribution in [-0.4, -0.2) is 71.5 Å². The zero-order valence-electron chi connectivity index (χ0n) is 20.7. The molecule has 4 rings (SSSR count). The SMILES string of the molecule is C=C/C(C#N)=C\C(=NC)N1CC2(CCC2)c2c(N3CCN(C(=O)OC(C)(C)C)CC3=O)ncnc21. The summed E-state index contributed by atoms with van der Waals surface area (Å²) in [6.45, 7) is 10.4. The number of rotatable bonds is 3. The van der Waals surface area contributed by atoms with Crippen LogP contribution in [0.1, 0.15) is 45.6 Å². The number of aliphatic imine (C=N–C) groups is 1. The molecule has 0 unspecified atom stereocenters. The summed E-state index contributed by atoms with van der Waals surface area (Å²) in [4.78, 5) is 44.3. The molecule has 1 aromatic rings. The highest BCUT2D eigenvalue weighted by atomic mass is 16.6. The van der Waals surface area contributed by atoms with Gasteiger partial charge in [0.1, 0.15) is 35.9 Å². The maximum Gasteiger partial charge on any atom is 0.410 e. The highest BCUT2D eigenvalue weighted by molar-refractivity contribution is 6.08. The van der Waals surface area contributed by atoms with Crippen molar-refractivity contribution in [2.45, 2.75) is 51.0 Å². The third-order valence-corrected chi connectivity index (χ3v) is 6.63. The highest BCUT2D eigenvalue weighted by Gasteiger charge is 2.52. The Morgan fingerprint density at radius 3 is 2.54 bits per heavy atom. The summed E-state index contributed by atoms with van der Waals surface area (Å²) in [5.41, 5.74) is 0.537. The van der Waals surface area contributed by atoms with Gasteiger partial charge in [-0.15, -0.1) is 0 Å². The lowest BCUT2D eigenvalue weighted by Crippen LogP contribution is -2.54. The van der Waals surface area contributed by atoms with Crippen molar-refractivity contribution in [3.8, 4) is 6.07 Å². The molecule has 1 aromatic heterocycles. The molecule has 1 spiro atoms. The fourth-order valence-corrected chi connectivity index (χ4v) is 4.83. The molecule has 0 radical (unpaired) electrons. The first-order valence-electron chi connectivity index (χ1n) is 11.7. The van der Waals surface area contributed by atoms with Crippen molar-refractivity contribution in [3.05, 3.63) is 36.2 Å². The van der Waals surface area contributed by atoms with Gasteiger partial charge in [-0.1, -0.05) is 19.1 Å². The van der Waals surface area contributed by atoms with E-state index in [9.17, 15) is 14.9 Å².